The Hall–Kier alpha value is -3.64. The van der Waals surface area contributed by atoms with Crippen molar-refractivity contribution in [3.63, 3.8) is 0 Å². The number of amides is 2. The molecule has 3 aromatic rings. The van der Waals surface area contributed by atoms with Gasteiger partial charge in [-0.05, 0) is 30.2 Å². The van der Waals surface area contributed by atoms with Crippen LogP contribution in [0.2, 0.25) is 0 Å². The molecule has 0 spiro atoms. The minimum atomic E-state index is -0.640. The molecular weight excluding hydrogens is 414 g/mol. The van der Waals surface area contributed by atoms with Gasteiger partial charge >= 0.3 is 11.8 Å². The van der Waals surface area contributed by atoms with Gasteiger partial charge in [0.1, 0.15) is 5.75 Å². The summed E-state index contributed by atoms with van der Waals surface area (Å²) in [5.41, 5.74) is 2.94. The third kappa shape index (κ3) is 5.41. The number of ether oxygens (including phenoxy) is 1. The first-order chi connectivity index (χ1) is 16.2. The molecule has 2 amide bonds. The summed E-state index contributed by atoms with van der Waals surface area (Å²) in [7, 11) is 0. The molecule has 0 aromatic heterocycles. The molecule has 0 unspecified atom stereocenters. The van der Waals surface area contributed by atoms with Crippen LogP contribution >= 0.6 is 0 Å². The third-order valence-corrected chi connectivity index (χ3v) is 5.83. The lowest BCUT2D eigenvalue weighted by Gasteiger charge is -2.39. The number of hydrogen-bond acceptors (Lipinski definition) is 4. The summed E-state index contributed by atoms with van der Waals surface area (Å²) in [6.45, 7) is 4.71. The molecule has 1 fully saturated rings. The van der Waals surface area contributed by atoms with Gasteiger partial charge in [0.05, 0.1) is 18.3 Å². The van der Waals surface area contributed by atoms with Gasteiger partial charge in [0.25, 0.3) is 0 Å². The van der Waals surface area contributed by atoms with Crippen LogP contribution in [0, 0.1) is 0 Å². The van der Waals surface area contributed by atoms with E-state index in [1.807, 2.05) is 25.1 Å². The van der Waals surface area contributed by atoms with Crippen molar-refractivity contribution in [2.45, 2.75) is 13.0 Å². The van der Waals surface area contributed by atoms with Crippen molar-refractivity contribution in [3.05, 3.63) is 96.1 Å². The van der Waals surface area contributed by atoms with Gasteiger partial charge in [-0.3, -0.25) is 14.5 Å². The molecule has 0 radical (unpaired) electrons. The first-order valence-electron chi connectivity index (χ1n) is 11.3. The van der Waals surface area contributed by atoms with E-state index in [-0.39, 0.29) is 6.04 Å². The minimum absolute atomic E-state index is 0.108. The molecule has 1 aliphatic rings. The summed E-state index contributed by atoms with van der Waals surface area (Å²) in [5, 5.41) is 2.71. The Balaban J connectivity index is 1.42. The molecule has 0 bridgehead atoms. The molecule has 33 heavy (non-hydrogen) atoms. The van der Waals surface area contributed by atoms with E-state index in [4.69, 9.17) is 4.74 Å². The lowest BCUT2D eigenvalue weighted by Crippen LogP contribution is -2.52. The van der Waals surface area contributed by atoms with Crippen LogP contribution in [0.15, 0.2) is 84.9 Å². The Kier molecular flexibility index (Phi) is 7.37. The van der Waals surface area contributed by atoms with E-state index >= 15 is 0 Å². The number of para-hydroxylation sites is 2. The lowest BCUT2D eigenvalue weighted by atomic mass is 9.96. The highest BCUT2D eigenvalue weighted by molar-refractivity contribution is 6.39. The van der Waals surface area contributed by atoms with Crippen molar-refractivity contribution in [3.8, 4) is 5.75 Å². The summed E-state index contributed by atoms with van der Waals surface area (Å²) in [6.07, 6.45) is 0. The molecular formula is C27H29N3O3. The molecule has 1 aliphatic heterocycles. The molecule has 0 saturated carbocycles. The van der Waals surface area contributed by atoms with Crippen LogP contribution in [-0.4, -0.2) is 54.4 Å². The van der Waals surface area contributed by atoms with Gasteiger partial charge in [-0.2, -0.15) is 0 Å². The maximum absolute atomic E-state index is 12.8. The highest BCUT2D eigenvalue weighted by Gasteiger charge is 2.30. The van der Waals surface area contributed by atoms with Crippen molar-refractivity contribution in [1.82, 2.24) is 9.80 Å². The van der Waals surface area contributed by atoms with Crippen molar-refractivity contribution in [2.75, 3.05) is 38.1 Å². The number of piperazine rings is 1. The van der Waals surface area contributed by atoms with E-state index in [9.17, 15) is 9.59 Å². The molecule has 6 heteroatoms. The maximum Gasteiger partial charge on any atom is 0.314 e. The molecule has 0 atom stereocenters. The summed E-state index contributed by atoms with van der Waals surface area (Å²) >= 11 is 0. The zero-order valence-electron chi connectivity index (χ0n) is 18.8. The van der Waals surface area contributed by atoms with Crippen LogP contribution in [0.25, 0.3) is 0 Å². The Morgan fingerprint density at radius 1 is 0.818 bits per heavy atom. The maximum atomic E-state index is 12.8. The van der Waals surface area contributed by atoms with Crippen molar-refractivity contribution < 1.29 is 14.3 Å². The Morgan fingerprint density at radius 3 is 1.94 bits per heavy atom. The molecule has 4 rings (SSSR count). The molecule has 3 aromatic carbocycles. The van der Waals surface area contributed by atoms with Gasteiger partial charge in [-0.25, -0.2) is 0 Å². The first-order valence-corrected chi connectivity index (χ1v) is 11.3. The number of anilines is 1. The third-order valence-electron chi connectivity index (χ3n) is 5.83. The van der Waals surface area contributed by atoms with E-state index in [0.717, 1.165) is 0 Å². The standard InChI is InChI=1S/C27H29N3O3/c1-2-33-24-16-10-9-15-23(24)28-26(31)27(32)30-19-17-29(18-20-30)25(21-11-5-3-6-12-21)22-13-7-4-8-14-22/h3-16,25H,2,17-20H2,1H3,(H,28,31). The van der Waals surface area contributed by atoms with E-state index < -0.39 is 11.8 Å². The Labute approximate surface area is 194 Å². The second-order valence-electron chi connectivity index (χ2n) is 7.94. The van der Waals surface area contributed by atoms with Crippen LogP contribution in [0.4, 0.5) is 5.69 Å². The minimum Gasteiger partial charge on any atom is -0.492 e. The van der Waals surface area contributed by atoms with Gasteiger partial charge in [0.15, 0.2) is 0 Å². The van der Waals surface area contributed by atoms with Crippen LogP contribution < -0.4 is 10.1 Å². The summed E-state index contributed by atoms with van der Waals surface area (Å²) in [5.74, 6) is -0.602. The van der Waals surface area contributed by atoms with E-state index in [2.05, 4.69) is 58.7 Å². The van der Waals surface area contributed by atoms with Crippen LogP contribution in [0.5, 0.6) is 5.75 Å². The quantitative estimate of drug-likeness (QED) is 0.586. The summed E-state index contributed by atoms with van der Waals surface area (Å²) < 4.78 is 5.54. The normalized spacial score (nSPS) is 14.2. The number of nitrogens with one attached hydrogen (secondary N) is 1. The van der Waals surface area contributed by atoms with Gasteiger partial charge in [0.2, 0.25) is 0 Å². The van der Waals surface area contributed by atoms with Gasteiger partial charge < -0.3 is 15.0 Å². The lowest BCUT2D eigenvalue weighted by molar-refractivity contribution is -0.144. The molecule has 0 aliphatic carbocycles. The van der Waals surface area contributed by atoms with Crippen molar-refractivity contribution in [1.29, 1.82) is 0 Å². The molecule has 6 nitrogen and oxygen atoms in total. The summed E-state index contributed by atoms with van der Waals surface area (Å²) in [4.78, 5) is 29.5. The number of carbonyl (C=O) groups excluding carboxylic acids is 2. The smallest absolute Gasteiger partial charge is 0.314 e. The van der Waals surface area contributed by atoms with E-state index in [1.165, 1.54) is 11.1 Å². The van der Waals surface area contributed by atoms with Gasteiger partial charge in [-0.15, -0.1) is 0 Å². The zero-order chi connectivity index (χ0) is 23.0. The first kappa shape index (κ1) is 22.6. The van der Waals surface area contributed by atoms with Crippen molar-refractivity contribution >= 4 is 17.5 Å². The van der Waals surface area contributed by atoms with Crippen LogP contribution in [0.3, 0.4) is 0 Å². The molecule has 1 heterocycles. The molecule has 170 valence electrons. The second kappa shape index (κ2) is 10.8. The fraction of sp³-hybridized carbons (Fsp3) is 0.259. The monoisotopic (exact) mass is 443 g/mol. The Morgan fingerprint density at radius 2 is 1.36 bits per heavy atom. The van der Waals surface area contributed by atoms with E-state index in [0.29, 0.717) is 44.2 Å². The molecule has 1 N–H and O–H groups in total. The number of rotatable bonds is 6. The highest BCUT2D eigenvalue weighted by Crippen LogP contribution is 2.29. The topological polar surface area (TPSA) is 61.9 Å². The predicted molar refractivity (Wildman–Crippen MR) is 129 cm³/mol. The zero-order valence-corrected chi connectivity index (χ0v) is 18.8. The Bertz CT molecular complexity index is 1020. The fourth-order valence-electron chi connectivity index (χ4n) is 4.24. The molecule has 1 saturated heterocycles. The fourth-order valence-corrected chi connectivity index (χ4v) is 4.24. The highest BCUT2D eigenvalue weighted by atomic mass is 16.5. The van der Waals surface area contributed by atoms with Gasteiger partial charge in [0, 0.05) is 26.2 Å². The van der Waals surface area contributed by atoms with Crippen molar-refractivity contribution in [2.24, 2.45) is 0 Å². The predicted octanol–water partition coefficient (Wildman–Crippen LogP) is 3.96. The largest absolute Gasteiger partial charge is 0.492 e. The summed E-state index contributed by atoms with van der Waals surface area (Å²) in [6, 6.07) is 28.0. The average Bonchev–Trinajstić information content (AvgIpc) is 2.87. The number of hydrogen-bond donors (Lipinski definition) is 1. The van der Waals surface area contributed by atoms with Crippen LogP contribution in [-0.2, 0) is 9.59 Å². The number of nitrogens with zero attached hydrogens (tertiary/aromatic N) is 2. The SMILES string of the molecule is CCOc1ccccc1NC(=O)C(=O)N1CCN(C(c2ccccc2)c2ccccc2)CC1. The van der Waals surface area contributed by atoms with Crippen LogP contribution in [0.1, 0.15) is 24.1 Å². The second-order valence-corrected chi connectivity index (χ2v) is 7.94. The number of carbonyl (C=O) groups is 2. The number of benzene rings is 3. The van der Waals surface area contributed by atoms with E-state index in [1.54, 1.807) is 23.1 Å². The van der Waals surface area contributed by atoms with Gasteiger partial charge in [-0.1, -0.05) is 72.8 Å². The average molecular weight is 444 g/mol.